The molecule has 0 saturated carbocycles. The third-order valence-corrected chi connectivity index (χ3v) is 9.22. The van der Waals surface area contributed by atoms with Crippen LogP contribution in [-0.4, -0.2) is 80.4 Å². The largest absolute Gasteiger partial charge is 0.454 e. The average molecular weight is 663 g/mol. The first-order valence-electron chi connectivity index (χ1n) is 13.9. The first-order valence-corrected chi connectivity index (χ1v) is 15.5. The molecule has 3 aromatic rings. The molecule has 1 aromatic carbocycles. The van der Waals surface area contributed by atoms with Crippen molar-refractivity contribution >= 4 is 56.7 Å². The number of carbonyl (C=O) groups is 2. The topological polar surface area (TPSA) is 138 Å². The van der Waals surface area contributed by atoms with Gasteiger partial charge in [-0.1, -0.05) is 11.8 Å². The van der Waals surface area contributed by atoms with Gasteiger partial charge in [-0.3, -0.25) is 4.79 Å². The van der Waals surface area contributed by atoms with E-state index in [4.69, 9.17) is 24.9 Å². The van der Waals surface area contributed by atoms with E-state index in [1.165, 1.54) is 23.0 Å². The Morgan fingerprint density at radius 3 is 2.62 bits per heavy atom. The predicted octanol–water partition coefficient (Wildman–Crippen LogP) is 4.94. The summed E-state index contributed by atoms with van der Waals surface area (Å²) < 4.78 is 19.4. The van der Waals surface area contributed by atoms with Gasteiger partial charge < -0.3 is 34.3 Å². The highest BCUT2D eigenvalue weighted by atomic mass is 79.9. The second-order valence-corrected chi connectivity index (χ2v) is 13.3. The molecular formula is C28H36BrN7O5S. The minimum atomic E-state index is -0.567. The molecular weight excluding hydrogens is 626 g/mol. The van der Waals surface area contributed by atoms with E-state index in [2.05, 4.69) is 30.5 Å². The van der Waals surface area contributed by atoms with Crippen LogP contribution in [-0.2, 0) is 16.1 Å². The van der Waals surface area contributed by atoms with Crippen LogP contribution in [0, 0.1) is 5.92 Å². The zero-order valence-corrected chi connectivity index (χ0v) is 26.7. The first-order chi connectivity index (χ1) is 20.0. The Kier molecular flexibility index (Phi) is 9.02. The Balaban J connectivity index is 1.19. The van der Waals surface area contributed by atoms with Gasteiger partial charge in [-0.25, -0.2) is 19.7 Å². The zero-order chi connectivity index (χ0) is 30.0. The van der Waals surface area contributed by atoms with Crippen molar-refractivity contribution in [3.05, 3.63) is 22.9 Å². The molecule has 0 unspecified atom stereocenters. The number of hydrogen-bond donors (Lipinski definition) is 1. The van der Waals surface area contributed by atoms with Crippen LogP contribution in [0.4, 0.5) is 10.6 Å². The molecule has 0 atom stereocenters. The molecule has 0 aliphatic carbocycles. The van der Waals surface area contributed by atoms with Crippen LogP contribution >= 0.6 is 27.7 Å². The van der Waals surface area contributed by atoms with Crippen LogP contribution in [0.5, 0.6) is 11.5 Å². The monoisotopic (exact) mass is 661 g/mol. The summed E-state index contributed by atoms with van der Waals surface area (Å²) in [4.78, 5) is 42.8. The fourth-order valence-electron chi connectivity index (χ4n) is 4.92. The first kappa shape index (κ1) is 30.2. The average Bonchev–Trinajstić information content (AvgIpc) is 3.54. The number of halogens is 1. The molecule has 5 rings (SSSR count). The number of aryl methyl sites for hydroxylation is 1. The molecule has 1 fully saturated rings. The number of rotatable bonds is 8. The van der Waals surface area contributed by atoms with Crippen molar-refractivity contribution in [1.29, 1.82) is 0 Å². The molecule has 4 heterocycles. The third-order valence-electron chi connectivity index (χ3n) is 7.25. The molecule has 0 bridgehead atoms. The summed E-state index contributed by atoms with van der Waals surface area (Å²) in [6.45, 7) is 8.10. The summed E-state index contributed by atoms with van der Waals surface area (Å²) >= 11 is 5.14. The van der Waals surface area contributed by atoms with Gasteiger partial charge in [0.15, 0.2) is 33.6 Å². The maximum absolute atomic E-state index is 12.8. The number of amides is 2. The van der Waals surface area contributed by atoms with Gasteiger partial charge in [-0.05, 0) is 74.0 Å². The maximum atomic E-state index is 12.8. The lowest BCUT2D eigenvalue weighted by molar-refractivity contribution is -0.132. The number of aromatic nitrogens is 4. The molecule has 0 spiro atoms. The highest BCUT2D eigenvalue weighted by molar-refractivity contribution is 9.10. The van der Waals surface area contributed by atoms with Crippen molar-refractivity contribution < 1.29 is 23.8 Å². The van der Waals surface area contributed by atoms with Crippen LogP contribution in [0.2, 0.25) is 0 Å². The molecule has 1 saturated heterocycles. The number of benzene rings is 1. The van der Waals surface area contributed by atoms with Gasteiger partial charge in [0.2, 0.25) is 12.7 Å². The maximum Gasteiger partial charge on any atom is 0.410 e. The summed E-state index contributed by atoms with van der Waals surface area (Å²) in [6.07, 6.45) is 4.05. The Morgan fingerprint density at radius 2 is 1.90 bits per heavy atom. The number of carbonyl (C=O) groups excluding carboxylic acids is 2. The minimum absolute atomic E-state index is 0.0598. The molecule has 2 aromatic heterocycles. The van der Waals surface area contributed by atoms with E-state index in [9.17, 15) is 9.59 Å². The Labute approximate surface area is 257 Å². The summed E-state index contributed by atoms with van der Waals surface area (Å²) in [7, 11) is 1.66. The lowest BCUT2D eigenvalue weighted by Gasteiger charge is -2.32. The number of nitrogens with two attached hydrogens (primary N) is 1. The minimum Gasteiger partial charge on any atom is -0.454 e. The number of fused-ring (bicyclic) bond motifs is 2. The number of likely N-dealkylation sites (tertiary alicyclic amines) is 1. The van der Waals surface area contributed by atoms with Crippen molar-refractivity contribution in [3.8, 4) is 11.5 Å². The van der Waals surface area contributed by atoms with Crippen molar-refractivity contribution in [1.82, 2.24) is 29.3 Å². The summed E-state index contributed by atoms with van der Waals surface area (Å²) in [5.41, 5.74) is 6.86. The van der Waals surface area contributed by atoms with Gasteiger partial charge in [0.25, 0.3) is 0 Å². The van der Waals surface area contributed by atoms with Gasteiger partial charge in [0, 0.05) is 49.0 Å². The SMILES string of the molecule is CN(CCC(=O)N1CCC(CCn2c(Sc3cc4c(cc3Br)OCO4)nc3c(N)ncnc32)CC1)C(=O)OC(C)(C)C. The number of piperidine rings is 1. The summed E-state index contributed by atoms with van der Waals surface area (Å²) in [5, 5.41) is 0.762. The van der Waals surface area contributed by atoms with Gasteiger partial charge >= 0.3 is 6.09 Å². The fraction of sp³-hybridized carbons (Fsp3) is 0.536. The smallest absolute Gasteiger partial charge is 0.410 e. The lowest BCUT2D eigenvalue weighted by Crippen LogP contribution is -2.41. The summed E-state index contributed by atoms with van der Waals surface area (Å²) in [5.74, 6) is 2.25. The molecule has 226 valence electrons. The second kappa shape index (κ2) is 12.5. The van der Waals surface area contributed by atoms with Crippen LogP contribution in [0.1, 0.15) is 46.5 Å². The second-order valence-electron chi connectivity index (χ2n) is 11.5. The molecule has 0 radical (unpaired) electrons. The number of hydrogen-bond acceptors (Lipinski definition) is 10. The lowest BCUT2D eigenvalue weighted by atomic mass is 9.93. The standard InChI is InChI=1S/C28H36BrN7O5S/c1-28(2,3)41-27(38)34(4)9-8-22(37)35-10-5-17(6-11-35)7-12-36-25-23(24(30)31-15-32-25)33-26(36)42-21-14-20-19(13-18(21)29)39-16-40-20/h13-15,17H,5-12,16H2,1-4H3,(H2,30,31,32). The molecule has 42 heavy (non-hydrogen) atoms. The molecule has 12 nitrogen and oxygen atoms in total. The summed E-state index contributed by atoms with van der Waals surface area (Å²) in [6, 6.07) is 3.84. The Bertz CT molecular complexity index is 1470. The van der Waals surface area contributed by atoms with Crippen LogP contribution in [0.15, 0.2) is 33.0 Å². The molecule has 14 heteroatoms. The molecule has 2 N–H and O–H groups in total. The van der Waals surface area contributed by atoms with E-state index in [1.807, 2.05) is 37.8 Å². The molecule has 2 aliphatic rings. The third kappa shape index (κ3) is 7.02. The molecule has 2 aliphatic heterocycles. The molecule has 2 amide bonds. The number of ether oxygens (including phenoxy) is 3. The van der Waals surface area contributed by atoms with Gasteiger partial charge in [0.1, 0.15) is 11.9 Å². The Morgan fingerprint density at radius 1 is 1.19 bits per heavy atom. The van der Waals surface area contributed by atoms with E-state index >= 15 is 0 Å². The predicted molar refractivity (Wildman–Crippen MR) is 162 cm³/mol. The zero-order valence-electron chi connectivity index (χ0n) is 24.3. The van der Waals surface area contributed by atoms with Gasteiger partial charge in [0.05, 0.1) is 0 Å². The van der Waals surface area contributed by atoms with Crippen molar-refractivity contribution in [2.24, 2.45) is 5.92 Å². The van der Waals surface area contributed by atoms with Crippen LogP contribution in [0.3, 0.4) is 0 Å². The number of nitrogens with zero attached hydrogens (tertiary/aromatic N) is 6. The quantitative estimate of drug-likeness (QED) is 0.353. The van der Waals surface area contributed by atoms with E-state index in [0.717, 1.165) is 33.8 Å². The van der Waals surface area contributed by atoms with Gasteiger partial charge in [-0.15, -0.1) is 0 Å². The van der Waals surface area contributed by atoms with Crippen molar-refractivity contribution in [3.63, 3.8) is 0 Å². The van der Waals surface area contributed by atoms with Crippen LogP contribution in [0.25, 0.3) is 11.2 Å². The van der Waals surface area contributed by atoms with Crippen molar-refractivity contribution in [2.45, 2.75) is 68.7 Å². The fourth-order valence-corrected chi connectivity index (χ4v) is 6.43. The van der Waals surface area contributed by atoms with E-state index in [0.29, 0.717) is 60.6 Å². The normalized spacial score (nSPS) is 15.3. The Hall–Kier alpha value is -3.26. The van der Waals surface area contributed by atoms with Crippen LogP contribution < -0.4 is 15.2 Å². The van der Waals surface area contributed by atoms with E-state index in [-0.39, 0.29) is 19.1 Å². The number of imidazole rings is 1. The van der Waals surface area contributed by atoms with Crippen molar-refractivity contribution in [2.75, 3.05) is 39.2 Å². The highest BCUT2D eigenvalue weighted by Crippen LogP contribution is 2.43. The highest BCUT2D eigenvalue weighted by Gasteiger charge is 2.26. The van der Waals surface area contributed by atoms with Gasteiger partial charge in [-0.2, -0.15) is 0 Å². The number of anilines is 1. The van der Waals surface area contributed by atoms with E-state index in [1.54, 1.807) is 7.05 Å². The van der Waals surface area contributed by atoms with E-state index < -0.39 is 11.7 Å². The number of nitrogen functional groups attached to an aromatic ring is 1.